The number of ketones is 1. The number of allylic oxidation sites excluding steroid dienone is 7. The normalized spacial score (nSPS) is 39.2. The van der Waals surface area contributed by atoms with Gasteiger partial charge in [0, 0.05) is 11.0 Å². The van der Waals surface area contributed by atoms with Gasteiger partial charge in [-0.2, -0.15) is 5.26 Å². The topological polar surface area (TPSA) is 61.1 Å². The van der Waals surface area contributed by atoms with Crippen molar-refractivity contribution >= 4 is 5.78 Å². The molecule has 0 radical (unpaired) electrons. The Morgan fingerprint density at radius 2 is 1.78 bits per heavy atom. The van der Waals surface area contributed by atoms with Crippen LogP contribution in [0.3, 0.4) is 0 Å². The van der Waals surface area contributed by atoms with Crippen LogP contribution in [0.1, 0.15) is 93.4 Å². The number of hydrogen-bond acceptors (Lipinski definition) is 3. The molecule has 0 aromatic rings. The van der Waals surface area contributed by atoms with Crippen LogP contribution in [0.15, 0.2) is 46.3 Å². The van der Waals surface area contributed by atoms with Gasteiger partial charge < -0.3 is 5.11 Å². The predicted octanol–water partition coefficient (Wildman–Crippen LogP) is 7.53. The van der Waals surface area contributed by atoms with Crippen molar-refractivity contribution in [1.82, 2.24) is 0 Å². The van der Waals surface area contributed by atoms with Gasteiger partial charge in [-0.15, -0.1) is 0 Å². The summed E-state index contributed by atoms with van der Waals surface area (Å²) in [5.41, 5.74) is 4.41. The molecule has 0 aromatic heterocycles. The average Bonchev–Trinajstić information content (AvgIpc) is 2.73. The zero-order valence-corrected chi connectivity index (χ0v) is 21.0. The minimum Gasteiger partial charge on any atom is -0.504 e. The minimum absolute atomic E-state index is 0.0767. The van der Waals surface area contributed by atoms with Crippen molar-refractivity contribution in [2.75, 3.05) is 0 Å². The van der Waals surface area contributed by atoms with Gasteiger partial charge in [0.2, 0.25) is 5.78 Å². The number of rotatable bonds is 3. The molecule has 4 rings (SSSR count). The van der Waals surface area contributed by atoms with E-state index in [0.717, 1.165) is 43.3 Å². The molecule has 3 heteroatoms. The molecule has 0 amide bonds. The Kier molecular flexibility index (Phi) is 5.02. The second kappa shape index (κ2) is 6.96. The van der Waals surface area contributed by atoms with Crippen molar-refractivity contribution in [2.45, 2.75) is 93.4 Å². The van der Waals surface area contributed by atoms with Crippen molar-refractivity contribution in [3.05, 3.63) is 46.3 Å². The Morgan fingerprint density at radius 1 is 1.09 bits per heavy atom. The number of fused-ring (bicyclic) bond motifs is 5. The molecule has 2 fully saturated rings. The second-order valence-electron chi connectivity index (χ2n) is 12.8. The fourth-order valence-electron chi connectivity index (χ4n) is 7.33. The van der Waals surface area contributed by atoms with Crippen LogP contribution in [0, 0.1) is 38.4 Å². The molecule has 4 aliphatic carbocycles. The first-order valence-electron chi connectivity index (χ1n) is 12.2. The van der Waals surface area contributed by atoms with Gasteiger partial charge in [-0.25, -0.2) is 0 Å². The first-order chi connectivity index (χ1) is 14.7. The van der Waals surface area contributed by atoms with E-state index in [0.29, 0.717) is 5.57 Å². The summed E-state index contributed by atoms with van der Waals surface area (Å²) in [7, 11) is 0. The summed E-state index contributed by atoms with van der Waals surface area (Å²) in [5.74, 6) is -0.368. The second-order valence-corrected chi connectivity index (χ2v) is 12.8. The maximum atomic E-state index is 12.5. The summed E-state index contributed by atoms with van der Waals surface area (Å²) >= 11 is 0. The monoisotopic (exact) mass is 433 g/mol. The van der Waals surface area contributed by atoms with Crippen LogP contribution in [0.2, 0.25) is 0 Å². The average molecular weight is 434 g/mol. The Bertz CT molecular complexity index is 1050. The van der Waals surface area contributed by atoms with E-state index in [9.17, 15) is 15.2 Å². The van der Waals surface area contributed by atoms with Crippen molar-refractivity contribution in [3.8, 4) is 6.07 Å². The molecule has 2 saturated carbocycles. The van der Waals surface area contributed by atoms with Crippen molar-refractivity contribution < 1.29 is 9.90 Å². The summed E-state index contributed by atoms with van der Waals surface area (Å²) in [6, 6.07) is 2.48. The minimum atomic E-state index is -0.264. The SMILES string of the molecule is CC1=C(O)C(=O)C=C2C1=CC=C1[C@@]2(C)CC[C@@]2(C)C[C@](C)(CCC(C)(C)C#N)CC[C@]12C. The van der Waals surface area contributed by atoms with E-state index in [4.69, 9.17) is 0 Å². The molecule has 0 unspecified atom stereocenters. The largest absolute Gasteiger partial charge is 0.504 e. The summed E-state index contributed by atoms with van der Waals surface area (Å²) in [6.07, 6.45) is 13.8. The summed E-state index contributed by atoms with van der Waals surface area (Å²) < 4.78 is 0. The van der Waals surface area contributed by atoms with Gasteiger partial charge >= 0.3 is 0 Å². The Labute approximate surface area is 194 Å². The molecule has 172 valence electrons. The molecular formula is C29H39NO2. The highest BCUT2D eigenvalue weighted by Crippen LogP contribution is 2.71. The van der Waals surface area contributed by atoms with Crippen molar-refractivity contribution in [3.63, 3.8) is 0 Å². The summed E-state index contributed by atoms with van der Waals surface area (Å²) in [5, 5.41) is 19.7. The van der Waals surface area contributed by atoms with Crippen molar-refractivity contribution in [2.24, 2.45) is 27.1 Å². The molecule has 0 aliphatic heterocycles. The maximum absolute atomic E-state index is 12.5. The van der Waals surface area contributed by atoms with Crippen LogP contribution >= 0.6 is 0 Å². The van der Waals surface area contributed by atoms with Gasteiger partial charge in [0.25, 0.3) is 0 Å². The number of nitrogens with zero attached hydrogens (tertiary/aromatic N) is 1. The van der Waals surface area contributed by atoms with Crippen molar-refractivity contribution in [1.29, 1.82) is 5.26 Å². The van der Waals surface area contributed by atoms with Crippen LogP contribution in [0.4, 0.5) is 0 Å². The van der Waals surface area contributed by atoms with Crippen LogP contribution in [0.5, 0.6) is 0 Å². The van der Waals surface area contributed by atoms with Crippen LogP contribution in [0.25, 0.3) is 0 Å². The first-order valence-corrected chi connectivity index (χ1v) is 12.2. The van der Waals surface area contributed by atoms with Gasteiger partial charge in [0.1, 0.15) is 0 Å². The number of hydrogen-bond donors (Lipinski definition) is 1. The lowest BCUT2D eigenvalue weighted by molar-refractivity contribution is -0.113. The predicted molar refractivity (Wildman–Crippen MR) is 129 cm³/mol. The maximum Gasteiger partial charge on any atom is 0.220 e. The smallest absolute Gasteiger partial charge is 0.220 e. The van der Waals surface area contributed by atoms with Gasteiger partial charge in [-0.05, 0) is 99.2 Å². The van der Waals surface area contributed by atoms with Crippen LogP contribution in [-0.4, -0.2) is 10.9 Å². The van der Waals surface area contributed by atoms with Crippen LogP contribution in [-0.2, 0) is 4.79 Å². The summed E-state index contributed by atoms with van der Waals surface area (Å²) in [6.45, 7) is 15.7. The quantitative estimate of drug-likeness (QED) is 0.500. The molecule has 0 heterocycles. The first kappa shape index (κ1) is 23.1. The fourth-order valence-corrected chi connectivity index (χ4v) is 7.33. The third-order valence-corrected chi connectivity index (χ3v) is 9.97. The number of carbonyl (C=O) groups is 1. The van der Waals surface area contributed by atoms with E-state index >= 15 is 0 Å². The Balaban J connectivity index is 1.70. The molecule has 0 bridgehead atoms. The highest BCUT2D eigenvalue weighted by atomic mass is 16.3. The van der Waals surface area contributed by atoms with E-state index in [2.05, 4.69) is 59.8 Å². The van der Waals surface area contributed by atoms with Crippen LogP contribution < -0.4 is 0 Å². The lowest BCUT2D eigenvalue weighted by atomic mass is 9.39. The Morgan fingerprint density at radius 3 is 2.44 bits per heavy atom. The number of aliphatic hydroxyl groups excluding tert-OH is 1. The lowest BCUT2D eigenvalue weighted by Gasteiger charge is -2.64. The van der Waals surface area contributed by atoms with Gasteiger partial charge in [0.15, 0.2) is 5.76 Å². The third kappa shape index (κ3) is 3.17. The van der Waals surface area contributed by atoms with Gasteiger partial charge in [0.05, 0.1) is 11.5 Å². The Hall–Kier alpha value is -2.08. The van der Waals surface area contributed by atoms with E-state index in [-0.39, 0.29) is 38.6 Å². The fraction of sp³-hybridized carbons (Fsp3) is 0.655. The highest BCUT2D eigenvalue weighted by Gasteiger charge is 2.61. The molecule has 4 atom stereocenters. The van der Waals surface area contributed by atoms with Gasteiger partial charge in [-0.1, -0.05) is 45.4 Å². The molecule has 1 N–H and O–H groups in total. The third-order valence-electron chi connectivity index (χ3n) is 9.97. The lowest BCUT2D eigenvalue weighted by Crippen LogP contribution is -2.55. The molecule has 4 aliphatic rings. The van der Waals surface area contributed by atoms with E-state index in [1.54, 1.807) is 6.08 Å². The van der Waals surface area contributed by atoms with E-state index < -0.39 is 0 Å². The molecule has 0 spiro atoms. The zero-order valence-electron chi connectivity index (χ0n) is 21.0. The van der Waals surface area contributed by atoms with Gasteiger partial charge in [-0.3, -0.25) is 4.79 Å². The molecule has 32 heavy (non-hydrogen) atoms. The summed E-state index contributed by atoms with van der Waals surface area (Å²) in [4.78, 5) is 12.5. The highest BCUT2D eigenvalue weighted by molar-refractivity contribution is 6.06. The number of aliphatic hydroxyl groups is 1. The number of carbonyl (C=O) groups excluding carboxylic acids is 1. The van der Waals surface area contributed by atoms with E-state index in [1.165, 1.54) is 18.4 Å². The standard InChI is InChI=1S/C29H39NO2/c1-19-20-8-9-23-28(6,21(20)16-22(31)24(19)32)14-13-27(5)17-26(4,12-15-29(23,27)7)11-10-25(2,3)18-30/h8-9,16,32H,10-15,17H2,1-7H3/t26-,27+,28+,29-/m1/s1. The zero-order chi connectivity index (χ0) is 23.7. The number of nitriles is 1. The molecular weight excluding hydrogens is 394 g/mol. The van der Waals surface area contributed by atoms with E-state index in [1.807, 2.05) is 6.92 Å². The molecule has 3 nitrogen and oxygen atoms in total. The molecule has 0 aromatic carbocycles. The molecule has 0 saturated heterocycles.